The number of aliphatic hydroxyl groups excluding tert-OH is 1. The molecule has 5 atom stereocenters. The van der Waals surface area contributed by atoms with Gasteiger partial charge in [-0.3, -0.25) is 37.3 Å². The first-order valence-electron chi connectivity index (χ1n) is 37.7. The molecule has 0 radical (unpaired) electrons. The highest BCUT2D eigenvalue weighted by Crippen LogP contribution is 2.45. The summed E-state index contributed by atoms with van der Waals surface area (Å²) < 4.78 is 68.3. The SMILES string of the molecule is CC/C=C\C/C=C\C/C=C\C/C=C\C/C=C\CCCC(=O)OCC(COP(=O)(O)OCC(O)COP(=O)(O)OCC(COC(=O)CCC/C=C\C/C=C\C/C=C\C/C=C\C/C=C\CC)OC(=O)CCCCCCC/C=C\CCCC)OC(=O)CCCCCCC/C=C\C/C=C\CCCCC. The molecule has 0 aliphatic carbocycles. The van der Waals surface area contributed by atoms with E-state index in [1.165, 1.54) is 32.1 Å². The summed E-state index contributed by atoms with van der Waals surface area (Å²) in [6, 6.07) is 0. The van der Waals surface area contributed by atoms with Gasteiger partial charge in [0.15, 0.2) is 12.2 Å². The number of unbranched alkanes of at least 4 members (excludes halogenated alkanes) is 17. The minimum Gasteiger partial charge on any atom is -0.462 e. The lowest BCUT2D eigenvalue weighted by atomic mass is 10.1. The fraction of sp³-hybridized carbons (Fsp3) is 0.630. The number of hydrogen-bond donors (Lipinski definition) is 3. The summed E-state index contributed by atoms with van der Waals surface area (Å²) in [5.41, 5.74) is 0. The molecule has 3 N–H and O–H groups in total. The predicted octanol–water partition coefficient (Wildman–Crippen LogP) is 21.7. The van der Waals surface area contributed by atoms with Crippen molar-refractivity contribution in [1.29, 1.82) is 0 Å². The van der Waals surface area contributed by atoms with Crippen LogP contribution in [0.15, 0.2) is 158 Å². The van der Waals surface area contributed by atoms with Gasteiger partial charge in [0.05, 0.1) is 26.4 Å². The first kappa shape index (κ1) is 94.7. The number of phosphoric ester groups is 2. The normalized spacial score (nSPS) is 14.8. The zero-order valence-electron chi connectivity index (χ0n) is 61.8. The standard InChI is InChI=1S/C81H132O17P2/c1-5-9-13-17-21-25-29-32-35-37-40-42-46-49-53-57-61-65-78(83)91-71-76(97-80(85)67-63-59-55-51-45-28-24-20-16-12-8-4)73-95-99(87,88)93-69-75(82)70-94-100(89,90)96-74-77(98-81(86)68-64-60-56-52-48-44-39-34-31-27-23-19-15-11-7-3)72-92-79(84)66-62-58-54-50-47-43-41-38-36-33-30-26-22-18-14-10-6-2/h9-10,13-14,20-27,32-36,39-43,49-50,53-54,75-77,82H,5-8,11-12,15-19,28-31,37-38,44-48,51-52,55-74H2,1-4H3,(H,87,88)(H,89,90)/b13-9-,14-10-,24-20-,25-21-,26-22-,27-23-,35-32-,36-33-,39-34-,42-40-,43-41-,53-49-,54-50-. The Morgan fingerprint density at radius 1 is 0.290 bits per heavy atom. The van der Waals surface area contributed by atoms with Crippen molar-refractivity contribution >= 4 is 39.5 Å². The molecule has 0 aromatic rings. The molecule has 19 heteroatoms. The van der Waals surface area contributed by atoms with E-state index in [0.29, 0.717) is 38.5 Å². The van der Waals surface area contributed by atoms with Crippen molar-refractivity contribution < 1.29 is 80.2 Å². The number of aliphatic hydroxyl groups is 1. The molecule has 0 aliphatic rings. The van der Waals surface area contributed by atoms with Gasteiger partial charge >= 0.3 is 39.5 Å². The second-order valence-electron chi connectivity index (χ2n) is 24.5. The maximum absolute atomic E-state index is 13.1. The quantitative estimate of drug-likeness (QED) is 0.0169. The molecule has 0 bridgehead atoms. The zero-order valence-corrected chi connectivity index (χ0v) is 63.6. The number of esters is 4. The second kappa shape index (κ2) is 72.0. The van der Waals surface area contributed by atoms with E-state index in [1.807, 2.05) is 24.3 Å². The van der Waals surface area contributed by atoms with Crippen LogP contribution in [0.4, 0.5) is 0 Å². The molecule has 0 saturated heterocycles. The van der Waals surface area contributed by atoms with Crippen molar-refractivity contribution in [1.82, 2.24) is 0 Å². The van der Waals surface area contributed by atoms with Crippen LogP contribution < -0.4 is 0 Å². The molecule has 0 rings (SSSR count). The molecule has 0 fully saturated rings. The smallest absolute Gasteiger partial charge is 0.462 e. The lowest BCUT2D eigenvalue weighted by Crippen LogP contribution is -2.30. The molecule has 5 unspecified atom stereocenters. The Morgan fingerprint density at radius 2 is 0.540 bits per heavy atom. The van der Waals surface area contributed by atoms with E-state index >= 15 is 0 Å². The summed E-state index contributed by atoms with van der Waals surface area (Å²) in [5.74, 6) is -2.35. The minimum atomic E-state index is -5.00. The van der Waals surface area contributed by atoms with Crippen LogP contribution >= 0.6 is 15.6 Å². The predicted molar refractivity (Wildman–Crippen MR) is 408 cm³/mol. The largest absolute Gasteiger partial charge is 0.472 e. The van der Waals surface area contributed by atoms with Gasteiger partial charge < -0.3 is 33.8 Å². The Morgan fingerprint density at radius 3 is 0.870 bits per heavy atom. The average Bonchev–Trinajstić information content (AvgIpc) is 1.02. The molecule has 0 aliphatic heterocycles. The molecule has 17 nitrogen and oxygen atoms in total. The number of carbonyl (C=O) groups excluding carboxylic acids is 4. The molecule has 0 saturated carbocycles. The zero-order chi connectivity index (χ0) is 73.2. The third-order valence-corrected chi connectivity index (χ3v) is 16.9. The van der Waals surface area contributed by atoms with Gasteiger partial charge in [-0.2, -0.15) is 0 Å². The number of rotatable bonds is 69. The van der Waals surface area contributed by atoms with Crippen LogP contribution in [0.3, 0.4) is 0 Å². The molecule has 0 spiro atoms. The summed E-state index contributed by atoms with van der Waals surface area (Å²) in [4.78, 5) is 72.8. The lowest BCUT2D eigenvalue weighted by molar-refractivity contribution is -0.161. The Kier molecular flexibility index (Phi) is 68.2. The Labute approximate surface area is 604 Å². The summed E-state index contributed by atoms with van der Waals surface area (Å²) in [6.07, 6.45) is 82.6. The lowest BCUT2D eigenvalue weighted by Gasteiger charge is -2.21. The fourth-order valence-corrected chi connectivity index (χ4v) is 10.8. The van der Waals surface area contributed by atoms with Crippen LogP contribution in [0.1, 0.15) is 272 Å². The summed E-state index contributed by atoms with van der Waals surface area (Å²) in [6.45, 7) is 4.39. The van der Waals surface area contributed by atoms with E-state index in [1.54, 1.807) is 0 Å². The van der Waals surface area contributed by atoms with Crippen LogP contribution in [0.2, 0.25) is 0 Å². The first-order valence-corrected chi connectivity index (χ1v) is 40.7. The van der Waals surface area contributed by atoms with Crippen molar-refractivity contribution in [2.24, 2.45) is 0 Å². The number of hydrogen-bond acceptors (Lipinski definition) is 15. The van der Waals surface area contributed by atoms with Crippen LogP contribution in [0.25, 0.3) is 0 Å². The van der Waals surface area contributed by atoms with Gasteiger partial charge in [0, 0.05) is 25.7 Å². The molecule has 0 aromatic heterocycles. The number of ether oxygens (including phenoxy) is 4. The molecular formula is C81H132O17P2. The van der Waals surface area contributed by atoms with Gasteiger partial charge in [0.1, 0.15) is 19.3 Å². The van der Waals surface area contributed by atoms with Gasteiger partial charge in [0.25, 0.3) is 0 Å². The van der Waals surface area contributed by atoms with Gasteiger partial charge in [0.2, 0.25) is 0 Å². The summed E-state index contributed by atoms with van der Waals surface area (Å²) in [7, 11) is -10.00. The van der Waals surface area contributed by atoms with Crippen molar-refractivity contribution in [3.63, 3.8) is 0 Å². The van der Waals surface area contributed by atoms with Gasteiger partial charge in [-0.1, -0.05) is 250 Å². The van der Waals surface area contributed by atoms with E-state index in [2.05, 4.69) is 161 Å². The molecule has 100 heavy (non-hydrogen) atoms. The third-order valence-electron chi connectivity index (χ3n) is 15.0. The van der Waals surface area contributed by atoms with Crippen LogP contribution in [-0.4, -0.2) is 96.7 Å². The minimum absolute atomic E-state index is 0.0604. The topological polar surface area (TPSA) is 237 Å². The van der Waals surface area contributed by atoms with Crippen LogP contribution in [0.5, 0.6) is 0 Å². The molecule has 0 aromatic carbocycles. The Bertz CT molecular complexity index is 2520. The van der Waals surface area contributed by atoms with Crippen molar-refractivity contribution in [2.75, 3.05) is 39.6 Å². The number of allylic oxidation sites excluding steroid dienone is 26. The van der Waals surface area contributed by atoms with E-state index in [9.17, 15) is 43.2 Å². The first-order chi connectivity index (χ1) is 48.7. The third kappa shape index (κ3) is 71.1. The maximum Gasteiger partial charge on any atom is 0.472 e. The van der Waals surface area contributed by atoms with Crippen LogP contribution in [0, 0.1) is 0 Å². The average molecular weight is 1440 g/mol. The van der Waals surface area contributed by atoms with E-state index in [0.717, 1.165) is 148 Å². The highest BCUT2D eigenvalue weighted by molar-refractivity contribution is 7.47. The highest BCUT2D eigenvalue weighted by Gasteiger charge is 2.30. The van der Waals surface area contributed by atoms with Gasteiger partial charge in [-0.05, 0) is 154 Å². The van der Waals surface area contributed by atoms with E-state index in [4.69, 9.17) is 37.0 Å². The van der Waals surface area contributed by atoms with Crippen molar-refractivity contribution in [3.05, 3.63) is 158 Å². The van der Waals surface area contributed by atoms with E-state index < -0.39 is 97.5 Å². The summed E-state index contributed by atoms with van der Waals surface area (Å²) in [5, 5.41) is 10.6. The monoisotopic (exact) mass is 1440 g/mol. The van der Waals surface area contributed by atoms with Gasteiger partial charge in [-0.25, -0.2) is 9.13 Å². The fourth-order valence-electron chi connectivity index (χ4n) is 9.24. The molecule has 568 valence electrons. The molecular weight excluding hydrogens is 1310 g/mol. The second-order valence-corrected chi connectivity index (χ2v) is 27.4. The maximum atomic E-state index is 13.1. The van der Waals surface area contributed by atoms with E-state index in [-0.39, 0.29) is 25.7 Å². The highest BCUT2D eigenvalue weighted by atomic mass is 31.2. The number of carbonyl (C=O) groups is 4. The molecule has 0 amide bonds. The van der Waals surface area contributed by atoms with Gasteiger partial charge in [-0.15, -0.1) is 0 Å². The van der Waals surface area contributed by atoms with Crippen LogP contribution in [-0.2, 0) is 65.4 Å². The Hall–Kier alpha value is -5.32. The number of phosphoric acid groups is 2. The van der Waals surface area contributed by atoms with Crippen molar-refractivity contribution in [3.8, 4) is 0 Å². The summed E-state index contributed by atoms with van der Waals surface area (Å²) >= 11 is 0. The van der Waals surface area contributed by atoms with Crippen molar-refractivity contribution in [2.45, 2.75) is 290 Å². The Balaban J connectivity index is 5.45. The molecule has 0 heterocycles.